The summed E-state index contributed by atoms with van der Waals surface area (Å²) in [6.45, 7) is 2.97. The number of nitrogens with one attached hydrogen (secondary N) is 2. The fourth-order valence-corrected chi connectivity index (χ4v) is 6.39. The number of sulfonamides is 2. The number of carbonyl (C=O) groups is 1. The molecule has 3 aromatic carbocycles. The molecule has 4 aromatic rings. The standard InChI is InChI=1S/C26H24IN5O5S2/c1-18-16-19(2)29-26(28-18)31-38(34,35)23-14-10-21(11-15-23)30-25(33)17-32(22-12-8-20(27)9-13-22)39(36,37)24-6-4-3-5-7-24/h3-16H,17H2,1-2H3,(H,30,33)(H,28,29,31). The average Bonchev–Trinajstić information content (AvgIpc) is 2.88. The third kappa shape index (κ3) is 7.10. The van der Waals surface area contributed by atoms with E-state index >= 15 is 0 Å². The van der Waals surface area contributed by atoms with Gasteiger partial charge in [0.15, 0.2) is 0 Å². The number of anilines is 3. The van der Waals surface area contributed by atoms with Crippen LogP contribution in [0, 0.1) is 17.4 Å². The van der Waals surface area contributed by atoms with Gasteiger partial charge in [-0.2, -0.15) is 0 Å². The Bertz CT molecular complexity index is 1680. The van der Waals surface area contributed by atoms with Crippen molar-refractivity contribution in [2.45, 2.75) is 23.6 Å². The van der Waals surface area contributed by atoms with Crippen LogP contribution in [0.25, 0.3) is 0 Å². The molecule has 0 saturated heterocycles. The number of amides is 1. The number of hydrogen-bond acceptors (Lipinski definition) is 7. The highest BCUT2D eigenvalue weighted by Gasteiger charge is 2.27. The Hall–Kier alpha value is -3.56. The second-order valence-electron chi connectivity index (χ2n) is 8.45. The molecular weight excluding hydrogens is 653 g/mol. The van der Waals surface area contributed by atoms with E-state index in [2.05, 4.69) is 42.6 Å². The van der Waals surface area contributed by atoms with Crippen LogP contribution in [0.15, 0.2) is 94.7 Å². The minimum absolute atomic E-state index is 0.0415. The van der Waals surface area contributed by atoms with Gasteiger partial charge >= 0.3 is 0 Å². The lowest BCUT2D eigenvalue weighted by Gasteiger charge is -2.24. The molecule has 0 saturated carbocycles. The maximum atomic E-state index is 13.4. The van der Waals surface area contributed by atoms with Crippen molar-refractivity contribution in [2.75, 3.05) is 20.9 Å². The highest BCUT2D eigenvalue weighted by atomic mass is 127. The Balaban J connectivity index is 1.52. The van der Waals surface area contributed by atoms with Gasteiger partial charge in [-0.15, -0.1) is 0 Å². The molecule has 0 aliphatic rings. The van der Waals surface area contributed by atoms with Crippen molar-refractivity contribution in [1.82, 2.24) is 9.97 Å². The van der Waals surface area contributed by atoms with Gasteiger partial charge in [-0.3, -0.25) is 9.10 Å². The molecule has 2 N–H and O–H groups in total. The molecule has 39 heavy (non-hydrogen) atoms. The summed E-state index contributed by atoms with van der Waals surface area (Å²) in [6, 6.07) is 21.8. The molecule has 0 atom stereocenters. The second-order valence-corrected chi connectivity index (χ2v) is 13.2. The fraction of sp³-hybridized carbons (Fsp3) is 0.115. The molecule has 1 aromatic heterocycles. The van der Waals surface area contributed by atoms with E-state index in [1.807, 2.05) is 0 Å². The predicted molar refractivity (Wildman–Crippen MR) is 158 cm³/mol. The summed E-state index contributed by atoms with van der Waals surface area (Å²) in [4.78, 5) is 21.1. The minimum Gasteiger partial charge on any atom is -0.325 e. The summed E-state index contributed by atoms with van der Waals surface area (Å²) in [7, 11) is -8.02. The number of hydrogen-bond donors (Lipinski definition) is 2. The zero-order chi connectivity index (χ0) is 28.2. The van der Waals surface area contributed by atoms with Crippen LogP contribution >= 0.6 is 22.6 Å². The Labute approximate surface area is 240 Å². The lowest BCUT2D eigenvalue weighted by molar-refractivity contribution is -0.114. The molecule has 0 unspecified atom stereocenters. The van der Waals surface area contributed by atoms with Gasteiger partial charge in [0.05, 0.1) is 15.5 Å². The summed E-state index contributed by atoms with van der Waals surface area (Å²) < 4.78 is 56.7. The van der Waals surface area contributed by atoms with Crippen LogP contribution in [-0.2, 0) is 24.8 Å². The molecule has 0 bridgehead atoms. The normalized spacial score (nSPS) is 11.6. The van der Waals surface area contributed by atoms with Crippen LogP contribution in [0.2, 0.25) is 0 Å². The van der Waals surface area contributed by atoms with Gasteiger partial charge in [0.1, 0.15) is 6.54 Å². The highest BCUT2D eigenvalue weighted by molar-refractivity contribution is 14.1. The van der Waals surface area contributed by atoms with Crippen LogP contribution < -0.4 is 14.3 Å². The van der Waals surface area contributed by atoms with E-state index in [1.54, 1.807) is 62.4 Å². The van der Waals surface area contributed by atoms with Gasteiger partial charge in [-0.1, -0.05) is 18.2 Å². The van der Waals surface area contributed by atoms with Crippen molar-refractivity contribution in [1.29, 1.82) is 0 Å². The topological polar surface area (TPSA) is 138 Å². The molecule has 1 amide bonds. The van der Waals surface area contributed by atoms with Gasteiger partial charge in [0.2, 0.25) is 11.9 Å². The zero-order valence-electron chi connectivity index (χ0n) is 20.9. The Kier molecular flexibility index (Phi) is 8.51. The molecule has 0 radical (unpaired) electrons. The molecule has 4 rings (SSSR count). The molecular formula is C26H24IN5O5S2. The number of aryl methyl sites for hydroxylation is 2. The average molecular weight is 678 g/mol. The lowest BCUT2D eigenvalue weighted by Crippen LogP contribution is -2.38. The third-order valence-corrected chi connectivity index (χ3v) is 9.24. The first-order valence-corrected chi connectivity index (χ1v) is 15.5. The fourth-order valence-electron chi connectivity index (χ4n) is 3.64. The number of nitrogens with zero attached hydrogens (tertiary/aromatic N) is 3. The van der Waals surface area contributed by atoms with Crippen LogP contribution in [0.1, 0.15) is 11.4 Å². The highest BCUT2D eigenvalue weighted by Crippen LogP contribution is 2.25. The maximum absolute atomic E-state index is 13.4. The quantitative estimate of drug-likeness (QED) is 0.252. The maximum Gasteiger partial charge on any atom is 0.264 e. The number of benzene rings is 3. The lowest BCUT2D eigenvalue weighted by atomic mass is 10.3. The predicted octanol–water partition coefficient (Wildman–Crippen LogP) is 4.33. The van der Waals surface area contributed by atoms with Crippen LogP contribution in [-0.4, -0.2) is 39.3 Å². The molecule has 10 nitrogen and oxygen atoms in total. The molecule has 0 fully saturated rings. The Morgan fingerprint density at radius 2 is 1.41 bits per heavy atom. The SMILES string of the molecule is Cc1cc(C)nc(NS(=O)(=O)c2ccc(NC(=O)CN(c3ccc(I)cc3)S(=O)(=O)c3ccccc3)cc2)n1. The van der Waals surface area contributed by atoms with E-state index < -0.39 is 32.5 Å². The molecule has 202 valence electrons. The first-order chi connectivity index (χ1) is 18.4. The van der Waals surface area contributed by atoms with Gasteiger partial charge in [0.25, 0.3) is 20.0 Å². The number of aromatic nitrogens is 2. The van der Waals surface area contributed by atoms with Gasteiger partial charge in [0, 0.05) is 20.6 Å². The van der Waals surface area contributed by atoms with E-state index in [0.29, 0.717) is 22.8 Å². The summed E-state index contributed by atoms with van der Waals surface area (Å²) >= 11 is 2.11. The van der Waals surface area contributed by atoms with E-state index in [0.717, 1.165) is 7.88 Å². The number of halogens is 1. The summed E-state index contributed by atoms with van der Waals surface area (Å²) in [5.74, 6) is -0.648. The molecule has 0 spiro atoms. The van der Waals surface area contributed by atoms with E-state index in [1.165, 1.54) is 36.4 Å². The number of carbonyl (C=O) groups excluding carboxylic acids is 1. The van der Waals surface area contributed by atoms with E-state index in [-0.39, 0.29) is 15.7 Å². The molecule has 1 heterocycles. The van der Waals surface area contributed by atoms with Gasteiger partial charge < -0.3 is 5.32 Å². The van der Waals surface area contributed by atoms with Crippen LogP contribution in [0.3, 0.4) is 0 Å². The first-order valence-electron chi connectivity index (χ1n) is 11.5. The third-order valence-electron chi connectivity index (χ3n) is 5.39. The largest absolute Gasteiger partial charge is 0.325 e. The summed E-state index contributed by atoms with van der Waals surface area (Å²) in [6.07, 6.45) is 0. The Morgan fingerprint density at radius 1 is 0.821 bits per heavy atom. The van der Waals surface area contributed by atoms with Crippen molar-refractivity contribution < 1.29 is 21.6 Å². The Morgan fingerprint density at radius 3 is 2.00 bits per heavy atom. The van der Waals surface area contributed by atoms with E-state index in [4.69, 9.17) is 0 Å². The van der Waals surface area contributed by atoms with Crippen molar-refractivity contribution in [2.24, 2.45) is 0 Å². The molecule has 0 aliphatic carbocycles. The zero-order valence-corrected chi connectivity index (χ0v) is 24.7. The van der Waals surface area contributed by atoms with Crippen molar-refractivity contribution in [3.8, 4) is 0 Å². The first kappa shape index (κ1) is 28.4. The second kappa shape index (κ2) is 11.7. The van der Waals surface area contributed by atoms with Gasteiger partial charge in [-0.25, -0.2) is 31.5 Å². The summed E-state index contributed by atoms with van der Waals surface area (Å²) in [5.41, 5.74) is 1.86. The van der Waals surface area contributed by atoms with Crippen LogP contribution in [0.5, 0.6) is 0 Å². The smallest absolute Gasteiger partial charge is 0.264 e. The van der Waals surface area contributed by atoms with Crippen molar-refractivity contribution >= 4 is 65.9 Å². The molecule has 13 heteroatoms. The van der Waals surface area contributed by atoms with Crippen molar-refractivity contribution in [3.63, 3.8) is 0 Å². The van der Waals surface area contributed by atoms with Gasteiger partial charge in [-0.05, 0) is 103 Å². The van der Waals surface area contributed by atoms with Crippen LogP contribution in [0.4, 0.5) is 17.3 Å². The molecule has 0 aliphatic heterocycles. The summed E-state index contributed by atoms with van der Waals surface area (Å²) in [5, 5.41) is 2.63. The monoisotopic (exact) mass is 677 g/mol. The minimum atomic E-state index is -4.05. The van der Waals surface area contributed by atoms with Crippen molar-refractivity contribution in [3.05, 3.63) is 99.9 Å². The number of rotatable bonds is 9. The van der Waals surface area contributed by atoms with E-state index in [9.17, 15) is 21.6 Å².